The maximum absolute atomic E-state index is 7.44. The molecule has 0 aliphatic carbocycles. The quantitative estimate of drug-likeness (QED) is 0.270. The Kier molecular flexibility index (Phi) is 3.31. The number of nitrogens with zero attached hydrogens (tertiary/aromatic N) is 2. The Labute approximate surface area is 141 Å². The molecule has 0 aliphatic rings. The van der Waals surface area contributed by atoms with Crippen molar-refractivity contribution in [1.82, 2.24) is 0 Å². The molecule has 2 aromatic carbocycles. The van der Waals surface area contributed by atoms with Crippen molar-refractivity contribution in [3.05, 3.63) is 71.7 Å². The van der Waals surface area contributed by atoms with Crippen molar-refractivity contribution in [1.29, 1.82) is 0 Å². The summed E-state index contributed by atoms with van der Waals surface area (Å²) >= 11 is 0.177. The molecule has 4 aromatic rings. The van der Waals surface area contributed by atoms with E-state index in [2.05, 4.69) is 66.0 Å². The number of rotatable bonds is 1. The van der Waals surface area contributed by atoms with E-state index in [1.807, 2.05) is 12.1 Å². The van der Waals surface area contributed by atoms with Crippen molar-refractivity contribution in [2.75, 3.05) is 0 Å². The molecule has 0 aliphatic heterocycles. The Hall–Kier alpha value is -2.40. The standard InChI is InChI=1S/C20H15N2Se/c1-13-10-11-15-14-7-6-8-16(21-2)19(14)23-20(15)18(13)17-9-4-5-12-22(17)3/h4-12H,1,3H3/q+1. The topological polar surface area (TPSA) is 8.24 Å². The number of pyridine rings is 1. The van der Waals surface area contributed by atoms with Crippen LogP contribution in [0, 0.1) is 13.5 Å². The first-order valence-electron chi connectivity index (χ1n) is 7.48. The van der Waals surface area contributed by atoms with Crippen LogP contribution >= 0.6 is 0 Å². The average Bonchev–Trinajstić information content (AvgIpc) is 2.94. The van der Waals surface area contributed by atoms with Crippen molar-refractivity contribution in [3.8, 4) is 11.3 Å². The van der Waals surface area contributed by atoms with Crippen LogP contribution < -0.4 is 4.57 Å². The number of aryl methyl sites for hydroxylation is 2. The second kappa shape index (κ2) is 5.35. The van der Waals surface area contributed by atoms with E-state index in [0.29, 0.717) is 0 Å². The molecule has 2 heterocycles. The van der Waals surface area contributed by atoms with Gasteiger partial charge in [-0.2, -0.15) is 0 Å². The Morgan fingerprint density at radius 3 is 2.57 bits per heavy atom. The van der Waals surface area contributed by atoms with E-state index >= 15 is 0 Å². The van der Waals surface area contributed by atoms with Gasteiger partial charge in [0.1, 0.15) is 0 Å². The van der Waals surface area contributed by atoms with Crippen LogP contribution in [0.5, 0.6) is 0 Å². The van der Waals surface area contributed by atoms with Crippen molar-refractivity contribution in [3.63, 3.8) is 0 Å². The summed E-state index contributed by atoms with van der Waals surface area (Å²) in [6, 6.07) is 16.8. The molecule has 0 unspecified atom stereocenters. The van der Waals surface area contributed by atoms with Gasteiger partial charge in [0.15, 0.2) is 0 Å². The SMILES string of the molecule is [C-]#[N+]c1cccc2c1[se]c1c(-c3cccc[n+]3C)c(C)ccc12. The number of hydrogen-bond donors (Lipinski definition) is 0. The van der Waals surface area contributed by atoms with Crippen LogP contribution in [0.2, 0.25) is 0 Å². The van der Waals surface area contributed by atoms with Gasteiger partial charge in [0.2, 0.25) is 0 Å². The van der Waals surface area contributed by atoms with Crippen molar-refractivity contribution in [2.24, 2.45) is 7.05 Å². The van der Waals surface area contributed by atoms with Gasteiger partial charge in [-0.1, -0.05) is 0 Å². The summed E-state index contributed by atoms with van der Waals surface area (Å²) in [6.07, 6.45) is 2.09. The van der Waals surface area contributed by atoms with Crippen LogP contribution in [0.3, 0.4) is 0 Å². The molecule has 0 atom stereocenters. The fourth-order valence-electron chi connectivity index (χ4n) is 3.13. The number of benzene rings is 2. The second-order valence-electron chi connectivity index (χ2n) is 5.70. The fraction of sp³-hybridized carbons (Fsp3) is 0.100. The van der Waals surface area contributed by atoms with Gasteiger partial charge in [-0.15, -0.1) is 0 Å². The molecule has 0 bridgehead atoms. The summed E-state index contributed by atoms with van der Waals surface area (Å²) in [4.78, 5) is 3.73. The van der Waals surface area contributed by atoms with Crippen molar-refractivity contribution >= 4 is 39.5 Å². The molecule has 2 aromatic heterocycles. The predicted molar refractivity (Wildman–Crippen MR) is 96.0 cm³/mol. The summed E-state index contributed by atoms with van der Waals surface area (Å²) in [7, 11) is 2.09. The Morgan fingerprint density at radius 2 is 1.78 bits per heavy atom. The number of hydrogen-bond acceptors (Lipinski definition) is 0. The third-order valence-electron chi connectivity index (χ3n) is 4.29. The van der Waals surface area contributed by atoms with Crippen LogP contribution in [0.15, 0.2) is 54.7 Å². The van der Waals surface area contributed by atoms with E-state index in [1.165, 1.54) is 36.1 Å². The molecule has 110 valence electrons. The first kappa shape index (κ1) is 14.2. The molecule has 0 saturated carbocycles. The normalized spacial score (nSPS) is 11.0. The molecule has 23 heavy (non-hydrogen) atoms. The zero-order valence-corrected chi connectivity index (χ0v) is 14.7. The Morgan fingerprint density at radius 1 is 0.957 bits per heavy atom. The Balaban J connectivity index is 2.19. The second-order valence-corrected chi connectivity index (χ2v) is 7.84. The van der Waals surface area contributed by atoms with Gasteiger partial charge in [0.25, 0.3) is 0 Å². The zero-order valence-electron chi connectivity index (χ0n) is 13.0. The molecular formula is C20H15N2Se+. The molecular weight excluding hydrogens is 347 g/mol. The van der Waals surface area contributed by atoms with Gasteiger partial charge in [-0.05, 0) is 0 Å². The first-order valence-corrected chi connectivity index (χ1v) is 9.19. The van der Waals surface area contributed by atoms with Crippen LogP contribution in [-0.4, -0.2) is 14.5 Å². The predicted octanol–water partition coefficient (Wildman–Crippen LogP) is 4.40. The summed E-state index contributed by atoms with van der Waals surface area (Å²) in [5, 5.41) is 2.54. The maximum atomic E-state index is 7.44. The van der Waals surface area contributed by atoms with E-state index in [1.54, 1.807) is 0 Å². The van der Waals surface area contributed by atoms with Crippen LogP contribution in [0.1, 0.15) is 5.56 Å². The summed E-state index contributed by atoms with van der Waals surface area (Å²) in [5.41, 5.74) is 4.67. The van der Waals surface area contributed by atoms with Gasteiger partial charge in [-0.3, -0.25) is 0 Å². The van der Waals surface area contributed by atoms with Gasteiger partial charge >= 0.3 is 141 Å². The molecule has 0 radical (unpaired) electrons. The molecule has 0 amide bonds. The third kappa shape index (κ3) is 2.11. The molecule has 0 spiro atoms. The third-order valence-corrected chi connectivity index (χ3v) is 6.93. The summed E-state index contributed by atoms with van der Waals surface area (Å²) in [6.45, 7) is 9.62. The number of aromatic nitrogens is 1. The van der Waals surface area contributed by atoms with E-state index < -0.39 is 0 Å². The van der Waals surface area contributed by atoms with Crippen molar-refractivity contribution < 1.29 is 4.57 Å². The van der Waals surface area contributed by atoms with Crippen LogP contribution in [0.25, 0.3) is 35.4 Å². The fourth-order valence-corrected chi connectivity index (χ4v) is 6.00. The first-order chi connectivity index (χ1) is 11.2. The average molecular weight is 362 g/mol. The molecule has 0 N–H and O–H groups in total. The minimum absolute atomic E-state index is 0.177. The van der Waals surface area contributed by atoms with E-state index in [4.69, 9.17) is 6.57 Å². The van der Waals surface area contributed by atoms with Crippen LogP contribution in [-0.2, 0) is 7.05 Å². The molecule has 4 rings (SSSR count). The minimum atomic E-state index is 0.177. The van der Waals surface area contributed by atoms with E-state index in [0.717, 1.165) is 5.69 Å². The zero-order chi connectivity index (χ0) is 16.0. The molecule has 0 fully saturated rings. The van der Waals surface area contributed by atoms with Gasteiger partial charge in [-0.25, -0.2) is 0 Å². The van der Waals surface area contributed by atoms with Gasteiger partial charge in [0.05, 0.1) is 0 Å². The van der Waals surface area contributed by atoms with Crippen LogP contribution in [0.4, 0.5) is 5.69 Å². The molecule has 2 nitrogen and oxygen atoms in total. The monoisotopic (exact) mass is 363 g/mol. The summed E-state index contributed by atoms with van der Waals surface area (Å²) < 4.78 is 4.82. The van der Waals surface area contributed by atoms with Gasteiger partial charge in [0, 0.05) is 0 Å². The van der Waals surface area contributed by atoms with E-state index in [9.17, 15) is 0 Å². The Bertz CT molecular complexity index is 1100. The molecule has 3 heteroatoms. The van der Waals surface area contributed by atoms with E-state index in [-0.39, 0.29) is 14.5 Å². The molecule has 0 saturated heterocycles. The number of fused-ring (bicyclic) bond motifs is 3. The summed E-state index contributed by atoms with van der Waals surface area (Å²) in [5.74, 6) is 0. The van der Waals surface area contributed by atoms with Gasteiger partial charge < -0.3 is 0 Å². The van der Waals surface area contributed by atoms with Crippen molar-refractivity contribution in [2.45, 2.75) is 6.92 Å².